The number of aliphatic imine (C=N–C) groups is 2. The molecule has 5 aromatic rings. The number of amidine groups is 2. The molecule has 180 valence electrons. The lowest BCUT2D eigenvalue weighted by atomic mass is 10.3. The number of nitrogens with zero attached hydrogens (tertiary/aromatic N) is 6. The van der Waals surface area contributed by atoms with Crippen molar-refractivity contribution in [1.29, 1.82) is 0 Å². The summed E-state index contributed by atoms with van der Waals surface area (Å²) in [5.74, 6) is 0.709. The van der Waals surface area contributed by atoms with Gasteiger partial charge in [-0.3, -0.25) is 4.90 Å². The molecule has 6 rings (SSSR count). The molecule has 0 bridgehead atoms. The van der Waals surface area contributed by atoms with Crippen LogP contribution in [0.3, 0.4) is 0 Å². The Morgan fingerprint density at radius 3 is 1.89 bits per heavy atom. The molecule has 37 heavy (non-hydrogen) atoms. The van der Waals surface area contributed by atoms with Crippen molar-refractivity contribution in [2.45, 2.75) is 0 Å². The summed E-state index contributed by atoms with van der Waals surface area (Å²) >= 11 is 3.08. The summed E-state index contributed by atoms with van der Waals surface area (Å²) in [5.41, 5.74) is 3.77. The fourth-order valence-electron chi connectivity index (χ4n) is 3.92. The first-order valence-corrected chi connectivity index (χ1v) is 13.4. The zero-order chi connectivity index (χ0) is 25.0. The first-order chi connectivity index (χ1) is 18.3. The van der Waals surface area contributed by atoms with Crippen molar-refractivity contribution in [2.24, 2.45) is 27.2 Å². The zero-order valence-corrected chi connectivity index (χ0v) is 21.6. The SMILES string of the molecule is Cn1/c(=N/N=C2\SC(=Nc3ccccc3)C(=Nc3ccccc3)N2c2ccccc2)sc2ccccc21. The van der Waals surface area contributed by atoms with Gasteiger partial charge in [-0.15, -0.1) is 10.2 Å². The summed E-state index contributed by atoms with van der Waals surface area (Å²) in [5, 5.41) is 10.9. The predicted octanol–water partition coefficient (Wildman–Crippen LogP) is 7.13. The van der Waals surface area contributed by atoms with Crippen LogP contribution in [-0.2, 0) is 7.05 Å². The molecule has 1 aromatic heterocycles. The highest BCUT2D eigenvalue weighted by Gasteiger charge is 2.35. The largest absolute Gasteiger partial charge is 0.318 e. The first kappa shape index (κ1) is 23.1. The van der Waals surface area contributed by atoms with Crippen LogP contribution < -0.4 is 9.70 Å². The van der Waals surface area contributed by atoms with E-state index in [0.717, 1.165) is 32.4 Å². The lowest BCUT2D eigenvalue weighted by Gasteiger charge is -2.17. The molecule has 2 heterocycles. The van der Waals surface area contributed by atoms with Gasteiger partial charge in [-0.1, -0.05) is 78.1 Å². The molecule has 4 aromatic carbocycles. The normalized spacial score (nSPS) is 17.5. The van der Waals surface area contributed by atoms with E-state index in [4.69, 9.17) is 15.1 Å². The van der Waals surface area contributed by atoms with Gasteiger partial charge in [0.2, 0.25) is 9.97 Å². The Balaban J connectivity index is 1.53. The highest BCUT2D eigenvalue weighted by Crippen LogP contribution is 2.33. The van der Waals surface area contributed by atoms with Crippen molar-refractivity contribution in [1.82, 2.24) is 4.57 Å². The first-order valence-electron chi connectivity index (χ1n) is 11.7. The van der Waals surface area contributed by atoms with Crippen LogP contribution in [-0.4, -0.2) is 20.6 Å². The average molecular weight is 519 g/mol. The van der Waals surface area contributed by atoms with Crippen LogP contribution in [0.15, 0.2) is 135 Å². The van der Waals surface area contributed by atoms with Crippen LogP contribution in [0.25, 0.3) is 10.2 Å². The number of aromatic nitrogens is 1. The van der Waals surface area contributed by atoms with Crippen LogP contribution in [0.1, 0.15) is 0 Å². The van der Waals surface area contributed by atoms with E-state index in [9.17, 15) is 0 Å². The number of thioether (sulfide) groups is 1. The zero-order valence-electron chi connectivity index (χ0n) is 20.0. The van der Waals surface area contributed by atoms with Crippen molar-refractivity contribution in [3.8, 4) is 0 Å². The predicted molar refractivity (Wildman–Crippen MR) is 157 cm³/mol. The third-order valence-electron chi connectivity index (χ3n) is 5.71. The third-order valence-corrected chi connectivity index (χ3v) is 7.73. The molecule has 1 saturated heterocycles. The molecule has 1 aliphatic heterocycles. The van der Waals surface area contributed by atoms with Crippen LogP contribution in [0.5, 0.6) is 0 Å². The Morgan fingerprint density at radius 2 is 1.22 bits per heavy atom. The minimum absolute atomic E-state index is 0.688. The Morgan fingerprint density at radius 1 is 0.622 bits per heavy atom. The maximum atomic E-state index is 5.02. The molecular weight excluding hydrogens is 496 g/mol. The van der Waals surface area contributed by atoms with Crippen molar-refractivity contribution >= 4 is 66.4 Å². The van der Waals surface area contributed by atoms with Crippen molar-refractivity contribution < 1.29 is 0 Å². The molecule has 1 aliphatic rings. The molecule has 1 fully saturated rings. The van der Waals surface area contributed by atoms with Gasteiger partial charge in [0.05, 0.1) is 21.6 Å². The van der Waals surface area contributed by atoms with Crippen molar-refractivity contribution in [2.75, 3.05) is 4.90 Å². The molecule has 0 aliphatic carbocycles. The van der Waals surface area contributed by atoms with E-state index >= 15 is 0 Å². The Labute approximate surface area is 222 Å². The number of thiazole rings is 1. The molecule has 8 heteroatoms. The van der Waals surface area contributed by atoms with Gasteiger partial charge < -0.3 is 4.57 Å². The van der Waals surface area contributed by atoms with Crippen molar-refractivity contribution in [3.05, 3.63) is 120 Å². The molecule has 0 atom stereocenters. The van der Waals surface area contributed by atoms with Gasteiger partial charge in [0.1, 0.15) is 5.04 Å². The average Bonchev–Trinajstić information content (AvgIpc) is 3.45. The monoisotopic (exact) mass is 518 g/mol. The molecular formula is C29H22N6S2. The summed E-state index contributed by atoms with van der Waals surface area (Å²) in [7, 11) is 2.01. The standard InChI is InChI=1S/C29H22N6S2/c1-34-24-19-11-12-20-25(24)36-28(34)32-33-29-35(23-17-9-4-10-18-23)26(30-21-13-5-2-6-14-21)27(37-29)31-22-15-7-3-8-16-22/h2-20H,1H3/b30-26?,31-27?,32-28-,33-29-. The molecule has 0 spiro atoms. The highest BCUT2D eigenvalue weighted by molar-refractivity contribution is 8.29. The van der Waals surface area contributed by atoms with Gasteiger partial charge in [-0.25, -0.2) is 9.98 Å². The number of hydrogen-bond donors (Lipinski definition) is 0. The second kappa shape index (κ2) is 10.4. The smallest absolute Gasteiger partial charge is 0.211 e. The van der Waals surface area contributed by atoms with Gasteiger partial charge in [0.25, 0.3) is 0 Å². The van der Waals surface area contributed by atoms with Gasteiger partial charge in [-0.2, -0.15) is 0 Å². The van der Waals surface area contributed by atoms with E-state index < -0.39 is 0 Å². The molecule has 0 N–H and O–H groups in total. The summed E-state index contributed by atoms with van der Waals surface area (Å²) in [6, 6.07) is 38.2. The molecule has 0 radical (unpaired) electrons. The van der Waals surface area contributed by atoms with Crippen LogP contribution in [0, 0.1) is 0 Å². The fraction of sp³-hybridized carbons (Fsp3) is 0.0345. The van der Waals surface area contributed by atoms with E-state index in [1.807, 2.05) is 115 Å². The number of anilines is 1. The Hall–Kier alpha value is -4.27. The van der Waals surface area contributed by atoms with E-state index in [1.165, 1.54) is 16.5 Å². The maximum Gasteiger partial charge on any atom is 0.211 e. The maximum absolute atomic E-state index is 5.02. The number of hydrogen-bond acceptors (Lipinski definition) is 6. The van der Waals surface area contributed by atoms with Crippen LogP contribution >= 0.6 is 23.1 Å². The molecule has 6 nitrogen and oxygen atoms in total. The van der Waals surface area contributed by atoms with Gasteiger partial charge in [0.15, 0.2) is 5.84 Å². The van der Waals surface area contributed by atoms with E-state index in [2.05, 4.69) is 21.8 Å². The summed E-state index contributed by atoms with van der Waals surface area (Å²) < 4.78 is 3.23. The number of benzene rings is 4. The number of aryl methyl sites for hydroxylation is 1. The molecule has 0 saturated carbocycles. The minimum Gasteiger partial charge on any atom is -0.318 e. The van der Waals surface area contributed by atoms with Crippen molar-refractivity contribution in [3.63, 3.8) is 0 Å². The Kier molecular flexibility index (Phi) is 6.49. The van der Waals surface area contributed by atoms with Gasteiger partial charge in [-0.05, 0) is 60.3 Å². The second-order valence-electron chi connectivity index (χ2n) is 8.19. The summed E-state index contributed by atoms with van der Waals surface area (Å²) in [6.45, 7) is 0. The number of para-hydroxylation sites is 4. The quantitative estimate of drug-likeness (QED) is 0.238. The minimum atomic E-state index is 0.688. The fourth-order valence-corrected chi connectivity index (χ4v) is 5.80. The topological polar surface area (TPSA) is 57.6 Å². The van der Waals surface area contributed by atoms with Crippen LogP contribution in [0.2, 0.25) is 0 Å². The highest BCUT2D eigenvalue weighted by atomic mass is 32.2. The number of fused-ring (bicyclic) bond motifs is 1. The molecule has 0 amide bonds. The lowest BCUT2D eigenvalue weighted by molar-refractivity contribution is 0.888. The summed E-state index contributed by atoms with van der Waals surface area (Å²) in [6.07, 6.45) is 0. The lowest BCUT2D eigenvalue weighted by Crippen LogP contribution is -2.30. The van der Waals surface area contributed by atoms with Crippen LogP contribution in [0.4, 0.5) is 17.1 Å². The molecule has 0 unspecified atom stereocenters. The third kappa shape index (κ3) is 4.89. The van der Waals surface area contributed by atoms with Gasteiger partial charge in [0, 0.05) is 12.7 Å². The van der Waals surface area contributed by atoms with E-state index in [-0.39, 0.29) is 0 Å². The van der Waals surface area contributed by atoms with E-state index in [1.54, 1.807) is 11.3 Å². The number of rotatable bonds is 4. The second-order valence-corrected chi connectivity index (χ2v) is 10.2. The van der Waals surface area contributed by atoms with E-state index in [0.29, 0.717) is 11.0 Å². The Bertz CT molecular complexity index is 1700. The van der Waals surface area contributed by atoms with Gasteiger partial charge >= 0.3 is 0 Å². The summed E-state index contributed by atoms with van der Waals surface area (Å²) in [4.78, 5) is 12.8.